The first-order valence-electron chi connectivity index (χ1n) is 14.0. The average Bonchev–Trinajstić information content (AvgIpc) is 3.33. The highest BCUT2D eigenvalue weighted by atomic mass is 35.5. The van der Waals surface area contributed by atoms with Gasteiger partial charge in [-0.25, -0.2) is 0 Å². The number of nitrogens with zero attached hydrogens (tertiary/aromatic N) is 2. The third kappa shape index (κ3) is 6.48. The molecule has 208 valence electrons. The van der Waals surface area contributed by atoms with Crippen LogP contribution in [0.15, 0.2) is 71.7 Å². The quantitative estimate of drug-likeness (QED) is 0.284. The number of fused-ring (bicyclic) bond motifs is 1. The van der Waals surface area contributed by atoms with Crippen molar-refractivity contribution in [3.8, 4) is 11.1 Å². The number of aromatic nitrogens is 2. The number of aromatic amines is 1. The van der Waals surface area contributed by atoms with Crippen molar-refractivity contribution in [1.29, 1.82) is 0 Å². The molecule has 1 aliphatic rings. The molecular weight excluding hydrogens is 524 g/mol. The van der Waals surface area contributed by atoms with E-state index in [9.17, 15) is 14.4 Å². The second kappa shape index (κ2) is 12.6. The summed E-state index contributed by atoms with van der Waals surface area (Å²) in [6, 6.07) is 19.8. The van der Waals surface area contributed by atoms with E-state index in [1.54, 1.807) is 12.3 Å². The molecule has 5 rings (SSSR count). The Kier molecular flexibility index (Phi) is 8.70. The van der Waals surface area contributed by atoms with Gasteiger partial charge in [0.15, 0.2) is 0 Å². The number of nitrogens with one attached hydrogen (secondary N) is 2. The number of likely N-dealkylation sites (tertiary alicyclic amines) is 1. The number of carbonyl (C=O) groups excluding carboxylic acids is 2. The SMILES string of the molecule is CC(=O)NCCn1c(C2CCCN(C(=O)CCCc3ccc(-c4cc[nH]c(=O)c4)cc3)C2)cc2c(Cl)cccc21. The third-order valence-corrected chi connectivity index (χ3v) is 8.07. The van der Waals surface area contributed by atoms with Gasteiger partial charge in [0.1, 0.15) is 0 Å². The maximum absolute atomic E-state index is 13.2. The lowest BCUT2D eigenvalue weighted by Gasteiger charge is -2.33. The Morgan fingerprint density at radius 3 is 2.67 bits per heavy atom. The number of piperidine rings is 1. The number of benzene rings is 2. The van der Waals surface area contributed by atoms with Crippen LogP contribution in [0.1, 0.15) is 49.8 Å². The van der Waals surface area contributed by atoms with E-state index in [0.29, 0.717) is 31.1 Å². The molecule has 40 heavy (non-hydrogen) atoms. The summed E-state index contributed by atoms with van der Waals surface area (Å²) in [5, 5.41) is 4.62. The molecular formula is C32H35ClN4O3. The monoisotopic (exact) mass is 558 g/mol. The summed E-state index contributed by atoms with van der Waals surface area (Å²) in [4.78, 5) is 40.9. The summed E-state index contributed by atoms with van der Waals surface area (Å²) >= 11 is 6.54. The van der Waals surface area contributed by atoms with E-state index in [1.165, 1.54) is 18.2 Å². The molecule has 2 aromatic heterocycles. The normalized spacial score (nSPS) is 15.3. The summed E-state index contributed by atoms with van der Waals surface area (Å²) in [5.41, 5.74) is 5.18. The molecule has 0 saturated carbocycles. The van der Waals surface area contributed by atoms with Crippen molar-refractivity contribution in [1.82, 2.24) is 19.8 Å². The molecule has 2 N–H and O–H groups in total. The first-order valence-corrected chi connectivity index (χ1v) is 14.3. The zero-order chi connectivity index (χ0) is 28.1. The molecule has 2 amide bonds. The van der Waals surface area contributed by atoms with Crippen LogP contribution in [0, 0.1) is 0 Å². The van der Waals surface area contributed by atoms with Crippen molar-refractivity contribution >= 4 is 34.3 Å². The van der Waals surface area contributed by atoms with Crippen LogP contribution in [0.25, 0.3) is 22.0 Å². The lowest BCUT2D eigenvalue weighted by atomic mass is 9.94. The van der Waals surface area contributed by atoms with Crippen molar-refractivity contribution in [3.63, 3.8) is 0 Å². The summed E-state index contributed by atoms with van der Waals surface area (Å²) < 4.78 is 2.25. The Labute approximate surface area is 239 Å². The standard InChI is InChI=1S/C32H35ClN4O3/c1-22(38)34-16-18-37-29-8-3-7-28(33)27(29)20-30(37)26-6-4-17-36(21-26)32(40)9-2-5-23-10-12-24(13-11-23)25-14-15-35-31(39)19-25/h3,7-8,10-15,19-20,26H,2,4-6,9,16-18,21H2,1H3,(H,34,38)(H,35,39). The largest absolute Gasteiger partial charge is 0.355 e. The Morgan fingerprint density at radius 2 is 1.90 bits per heavy atom. The smallest absolute Gasteiger partial charge is 0.248 e. The summed E-state index contributed by atoms with van der Waals surface area (Å²) in [7, 11) is 0. The summed E-state index contributed by atoms with van der Waals surface area (Å²) in [5.74, 6) is 0.370. The van der Waals surface area contributed by atoms with E-state index >= 15 is 0 Å². The Bertz CT molecular complexity index is 1560. The van der Waals surface area contributed by atoms with E-state index in [2.05, 4.69) is 39.1 Å². The van der Waals surface area contributed by atoms with Crippen molar-refractivity contribution in [2.75, 3.05) is 19.6 Å². The van der Waals surface area contributed by atoms with Gasteiger partial charge in [0.2, 0.25) is 17.4 Å². The predicted molar refractivity (Wildman–Crippen MR) is 160 cm³/mol. The molecule has 8 heteroatoms. The fourth-order valence-corrected chi connectivity index (χ4v) is 5.96. The van der Waals surface area contributed by atoms with Gasteiger partial charge in [-0.3, -0.25) is 14.4 Å². The van der Waals surface area contributed by atoms with Gasteiger partial charge >= 0.3 is 0 Å². The molecule has 1 saturated heterocycles. The molecule has 0 aliphatic carbocycles. The number of hydrogen-bond acceptors (Lipinski definition) is 3. The third-order valence-electron chi connectivity index (χ3n) is 7.74. The Morgan fingerprint density at radius 1 is 1.07 bits per heavy atom. The number of halogens is 1. The second-order valence-corrected chi connectivity index (χ2v) is 11.0. The first kappa shape index (κ1) is 27.7. The van der Waals surface area contributed by atoms with Crippen LogP contribution in [-0.2, 0) is 22.6 Å². The maximum Gasteiger partial charge on any atom is 0.248 e. The molecule has 1 atom stereocenters. The van der Waals surface area contributed by atoms with Crippen LogP contribution < -0.4 is 10.9 Å². The molecule has 1 fully saturated rings. The molecule has 7 nitrogen and oxygen atoms in total. The number of pyridine rings is 1. The summed E-state index contributed by atoms with van der Waals surface area (Å²) in [6.45, 7) is 4.20. The molecule has 1 unspecified atom stereocenters. The topological polar surface area (TPSA) is 87.2 Å². The van der Waals surface area contributed by atoms with Gasteiger partial charge in [0, 0.05) is 79.3 Å². The maximum atomic E-state index is 13.2. The highest BCUT2D eigenvalue weighted by Crippen LogP contribution is 2.34. The number of amides is 2. The van der Waals surface area contributed by atoms with E-state index in [1.807, 2.05) is 35.2 Å². The lowest BCUT2D eigenvalue weighted by Crippen LogP contribution is -2.39. The van der Waals surface area contributed by atoms with E-state index < -0.39 is 0 Å². The van der Waals surface area contributed by atoms with Gasteiger partial charge in [-0.2, -0.15) is 0 Å². The van der Waals surface area contributed by atoms with Gasteiger partial charge in [-0.05, 0) is 66.6 Å². The zero-order valence-electron chi connectivity index (χ0n) is 22.8. The number of rotatable bonds is 9. The highest BCUT2D eigenvalue weighted by molar-refractivity contribution is 6.35. The Hall–Kier alpha value is -3.84. The van der Waals surface area contributed by atoms with Gasteiger partial charge in [-0.1, -0.05) is 41.9 Å². The van der Waals surface area contributed by atoms with Crippen LogP contribution in [0.3, 0.4) is 0 Å². The van der Waals surface area contributed by atoms with Crippen LogP contribution in [-0.4, -0.2) is 45.9 Å². The van der Waals surface area contributed by atoms with Crippen LogP contribution in [0.5, 0.6) is 0 Å². The number of hydrogen-bond donors (Lipinski definition) is 2. The van der Waals surface area contributed by atoms with Crippen LogP contribution >= 0.6 is 11.6 Å². The fraction of sp³-hybridized carbons (Fsp3) is 0.344. The molecule has 0 bridgehead atoms. The number of aryl methyl sites for hydroxylation is 1. The second-order valence-electron chi connectivity index (χ2n) is 10.5. The van der Waals surface area contributed by atoms with Gasteiger partial charge in [-0.15, -0.1) is 0 Å². The molecule has 4 aromatic rings. The number of H-pyrrole nitrogens is 1. The summed E-state index contributed by atoms with van der Waals surface area (Å²) in [6.07, 6.45) is 5.76. The number of carbonyl (C=O) groups is 2. The molecule has 1 aliphatic heterocycles. The lowest BCUT2D eigenvalue weighted by molar-refractivity contribution is -0.132. The minimum atomic E-state index is -0.115. The Balaban J connectivity index is 1.21. The van der Waals surface area contributed by atoms with E-state index in [4.69, 9.17) is 11.6 Å². The highest BCUT2D eigenvalue weighted by Gasteiger charge is 2.27. The predicted octanol–water partition coefficient (Wildman–Crippen LogP) is 5.52. The van der Waals surface area contributed by atoms with Crippen molar-refractivity contribution in [2.45, 2.75) is 51.5 Å². The molecule has 3 heterocycles. The van der Waals surface area contributed by atoms with Crippen molar-refractivity contribution in [2.24, 2.45) is 0 Å². The van der Waals surface area contributed by atoms with E-state index in [0.717, 1.165) is 54.3 Å². The fourth-order valence-electron chi connectivity index (χ4n) is 5.74. The average molecular weight is 559 g/mol. The first-order chi connectivity index (χ1) is 19.4. The van der Waals surface area contributed by atoms with Crippen LogP contribution in [0.2, 0.25) is 5.02 Å². The van der Waals surface area contributed by atoms with Gasteiger partial charge in [0.05, 0.1) is 0 Å². The minimum absolute atomic E-state index is 0.0470. The van der Waals surface area contributed by atoms with Crippen LogP contribution in [0.4, 0.5) is 0 Å². The minimum Gasteiger partial charge on any atom is -0.355 e. The van der Waals surface area contributed by atoms with Gasteiger partial charge < -0.3 is 19.8 Å². The van der Waals surface area contributed by atoms with Crippen molar-refractivity contribution in [3.05, 3.63) is 93.5 Å². The zero-order valence-corrected chi connectivity index (χ0v) is 23.5. The molecule has 0 spiro atoms. The molecule has 0 radical (unpaired) electrons. The van der Waals surface area contributed by atoms with Crippen molar-refractivity contribution < 1.29 is 9.59 Å². The van der Waals surface area contributed by atoms with E-state index in [-0.39, 0.29) is 23.3 Å². The van der Waals surface area contributed by atoms with Gasteiger partial charge in [0.25, 0.3) is 0 Å². The molecule has 2 aromatic carbocycles.